The smallest absolute Gasteiger partial charge is 0.419 e. The summed E-state index contributed by atoms with van der Waals surface area (Å²) in [6, 6.07) is 10.6. The third kappa shape index (κ3) is 5.41. The third-order valence-electron chi connectivity index (χ3n) is 7.06. The van der Waals surface area contributed by atoms with Gasteiger partial charge < -0.3 is 18.9 Å². The van der Waals surface area contributed by atoms with Gasteiger partial charge in [-0.1, -0.05) is 20.8 Å². The maximum absolute atomic E-state index is 15.4. The van der Waals surface area contributed by atoms with Crippen molar-refractivity contribution in [2.24, 2.45) is 5.92 Å². The number of aldehydes is 1. The second-order valence-corrected chi connectivity index (χ2v) is 17.0. The van der Waals surface area contributed by atoms with Crippen molar-refractivity contribution in [3.8, 4) is 17.0 Å². The number of rotatable bonds is 5. The first-order valence-corrected chi connectivity index (χ1v) is 15.5. The predicted molar refractivity (Wildman–Crippen MR) is 146 cm³/mol. The third-order valence-corrected chi connectivity index (χ3v) is 11.4. The highest BCUT2D eigenvalue weighted by atomic mass is 28.4. The van der Waals surface area contributed by atoms with E-state index < -0.39 is 26.0 Å². The number of aromatic nitrogens is 2. The zero-order valence-corrected chi connectivity index (χ0v) is 23.9. The number of pyridine rings is 1. The molecule has 0 bridgehead atoms. The SMILES string of the molecule is CC(C)(C)OC(=O)n1c(-c2ccc(N3CC(C=O)C3)nc2F)cc2cc(O[Si](C)(C)C(C)(C)C)ccc21. The summed E-state index contributed by atoms with van der Waals surface area (Å²) < 4.78 is 28.9. The molecule has 9 heteroatoms. The first-order chi connectivity index (χ1) is 17.1. The highest BCUT2D eigenvalue weighted by Gasteiger charge is 2.39. The van der Waals surface area contributed by atoms with Gasteiger partial charge in [-0.25, -0.2) is 14.3 Å². The highest BCUT2D eigenvalue weighted by Crippen LogP contribution is 2.39. The molecular weight excluding hydrogens is 489 g/mol. The van der Waals surface area contributed by atoms with Crippen molar-refractivity contribution in [3.63, 3.8) is 0 Å². The molecule has 1 fully saturated rings. The van der Waals surface area contributed by atoms with E-state index >= 15 is 4.39 Å². The molecule has 3 heterocycles. The van der Waals surface area contributed by atoms with E-state index in [4.69, 9.17) is 9.16 Å². The Bertz CT molecular complexity index is 1350. The van der Waals surface area contributed by atoms with Crippen molar-refractivity contribution >= 4 is 37.4 Å². The van der Waals surface area contributed by atoms with Gasteiger partial charge in [-0.2, -0.15) is 4.39 Å². The standard InChI is InChI=1S/C28H36FN3O4Si/c1-27(2,3)35-26(34)32-22-11-9-20(36-37(7,8)28(4,5)6)13-19(22)14-23(32)21-10-12-24(30-25(21)29)31-15-18(16-31)17-33/h9-14,17-18H,15-16H2,1-8H3. The monoisotopic (exact) mass is 525 g/mol. The van der Waals surface area contributed by atoms with Gasteiger partial charge in [0.05, 0.1) is 16.8 Å². The largest absolute Gasteiger partial charge is 0.543 e. The maximum Gasteiger partial charge on any atom is 0.419 e. The van der Waals surface area contributed by atoms with Crippen LogP contribution in [-0.4, -0.2) is 48.9 Å². The molecule has 37 heavy (non-hydrogen) atoms. The molecule has 1 saturated heterocycles. The van der Waals surface area contributed by atoms with E-state index in [-0.39, 0.29) is 16.5 Å². The number of fused-ring (bicyclic) bond motifs is 1. The Balaban J connectivity index is 1.78. The molecule has 7 nitrogen and oxygen atoms in total. The van der Waals surface area contributed by atoms with Gasteiger partial charge in [-0.15, -0.1) is 0 Å². The number of halogens is 1. The van der Waals surface area contributed by atoms with Crippen LogP contribution in [0.4, 0.5) is 15.0 Å². The Labute approximate surface area is 218 Å². The van der Waals surface area contributed by atoms with Crippen LogP contribution < -0.4 is 9.33 Å². The molecule has 0 atom stereocenters. The lowest BCUT2D eigenvalue weighted by Crippen LogP contribution is -2.48. The second kappa shape index (κ2) is 9.27. The molecule has 3 aromatic rings. The van der Waals surface area contributed by atoms with Crippen LogP contribution in [0.3, 0.4) is 0 Å². The van der Waals surface area contributed by atoms with Gasteiger partial charge in [0.1, 0.15) is 23.5 Å². The Hall–Kier alpha value is -3.20. The maximum atomic E-state index is 15.4. The van der Waals surface area contributed by atoms with E-state index in [0.717, 1.165) is 11.7 Å². The number of carbonyl (C=O) groups excluding carboxylic acids is 2. The summed E-state index contributed by atoms with van der Waals surface area (Å²) in [7, 11) is -2.08. The van der Waals surface area contributed by atoms with Crippen LogP contribution >= 0.6 is 0 Å². The molecule has 1 aliphatic rings. The molecule has 0 N–H and O–H groups in total. The molecule has 0 spiro atoms. The van der Waals surface area contributed by atoms with Crippen molar-refractivity contribution in [2.45, 2.75) is 65.3 Å². The molecule has 2 aromatic heterocycles. The number of hydrogen-bond donors (Lipinski definition) is 0. The topological polar surface area (TPSA) is 73.7 Å². The van der Waals surface area contributed by atoms with Crippen molar-refractivity contribution in [1.82, 2.24) is 9.55 Å². The Morgan fingerprint density at radius 1 is 1.08 bits per heavy atom. The molecule has 198 valence electrons. The molecule has 0 saturated carbocycles. The van der Waals surface area contributed by atoms with Crippen molar-refractivity contribution in [3.05, 3.63) is 42.3 Å². The van der Waals surface area contributed by atoms with Gasteiger partial charge >= 0.3 is 6.09 Å². The average Bonchev–Trinajstić information content (AvgIpc) is 3.09. The van der Waals surface area contributed by atoms with E-state index in [2.05, 4.69) is 38.8 Å². The van der Waals surface area contributed by atoms with Crippen molar-refractivity contribution in [2.75, 3.05) is 18.0 Å². The molecule has 0 aliphatic carbocycles. The highest BCUT2D eigenvalue weighted by molar-refractivity contribution is 6.74. The molecule has 4 rings (SSSR count). The van der Waals surface area contributed by atoms with Crippen LogP contribution in [0.15, 0.2) is 36.4 Å². The fraction of sp³-hybridized carbons (Fsp3) is 0.464. The summed E-state index contributed by atoms with van der Waals surface area (Å²) in [4.78, 5) is 30.2. The van der Waals surface area contributed by atoms with E-state index in [0.29, 0.717) is 35.9 Å². The predicted octanol–water partition coefficient (Wildman–Crippen LogP) is 6.64. The minimum Gasteiger partial charge on any atom is -0.543 e. The lowest BCUT2D eigenvalue weighted by atomic mass is 10.0. The fourth-order valence-corrected chi connectivity index (χ4v) is 5.01. The second-order valence-electron chi connectivity index (χ2n) is 12.2. The van der Waals surface area contributed by atoms with E-state index in [1.165, 1.54) is 4.57 Å². The molecule has 0 amide bonds. The van der Waals surface area contributed by atoms with Crippen LogP contribution in [-0.2, 0) is 9.53 Å². The summed E-state index contributed by atoms with van der Waals surface area (Å²) in [5.74, 6) is 0.423. The number of anilines is 1. The van der Waals surface area contributed by atoms with Crippen LogP contribution in [0.2, 0.25) is 18.1 Å². The number of carbonyl (C=O) groups is 2. The lowest BCUT2D eigenvalue weighted by Gasteiger charge is -2.37. The van der Waals surface area contributed by atoms with Gasteiger partial charge in [-0.3, -0.25) is 0 Å². The van der Waals surface area contributed by atoms with E-state index in [1.807, 2.05) is 23.1 Å². The van der Waals surface area contributed by atoms with Gasteiger partial charge in [0, 0.05) is 24.4 Å². The van der Waals surface area contributed by atoms with Gasteiger partial charge in [0.2, 0.25) is 14.3 Å². The van der Waals surface area contributed by atoms with Gasteiger partial charge in [0.15, 0.2) is 0 Å². The summed E-state index contributed by atoms with van der Waals surface area (Å²) >= 11 is 0. The molecule has 1 aliphatic heterocycles. The van der Waals surface area contributed by atoms with Gasteiger partial charge in [0.25, 0.3) is 0 Å². The van der Waals surface area contributed by atoms with Crippen LogP contribution in [0.5, 0.6) is 5.75 Å². The first-order valence-electron chi connectivity index (χ1n) is 12.5. The Morgan fingerprint density at radius 3 is 2.32 bits per heavy atom. The number of hydrogen-bond acceptors (Lipinski definition) is 6. The minimum absolute atomic E-state index is 0.0221. The van der Waals surface area contributed by atoms with E-state index in [1.54, 1.807) is 39.0 Å². The number of benzene rings is 1. The molecular formula is C28H36FN3O4Si. The summed E-state index contributed by atoms with van der Waals surface area (Å²) in [5.41, 5.74) is 0.389. The fourth-order valence-electron chi connectivity index (χ4n) is 3.98. The summed E-state index contributed by atoms with van der Waals surface area (Å²) in [5, 5.41) is 0.756. The summed E-state index contributed by atoms with van der Waals surface area (Å²) in [6.45, 7) is 17.3. The summed E-state index contributed by atoms with van der Waals surface area (Å²) in [6.07, 6.45) is 0.305. The van der Waals surface area contributed by atoms with E-state index in [9.17, 15) is 9.59 Å². The lowest BCUT2D eigenvalue weighted by molar-refractivity contribution is -0.111. The number of nitrogens with zero attached hydrogens (tertiary/aromatic N) is 3. The zero-order chi connectivity index (χ0) is 27.3. The van der Waals surface area contributed by atoms with Crippen molar-refractivity contribution in [1.29, 1.82) is 0 Å². The molecule has 0 radical (unpaired) electrons. The Morgan fingerprint density at radius 2 is 1.76 bits per heavy atom. The molecule has 0 unspecified atom stereocenters. The van der Waals surface area contributed by atoms with Crippen molar-refractivity contribution < 1.29 is 23.1 Å². The number of ether oxygens (including phenoxy) is 1. The van der Waals surface area contributed by atoms with Crippen LogP contribution in [0.1, 0.15) is 41.5 Å². The quantitative estimate of drug-likeness (QED) is 0.211. The normalized spacial score (nSPS) is 15.0. The average molecular weight is 526 g/mol. The van der Waals surface area contributed by atoms with Gasteiger partial charge in [-0.05, 0) is 75.3 Å². The molecule has 1 aromatic carbocycles. The van der Waals surface area contributed by atoms with Crippen LogP contribution in [0.25, 0.3) is 22.2 Å². The Kier molecular flexibility index (Phi) is 6.73. The zero-order valence-electron chi connectivity index (χ0n) is 22.9. The first kappa shape index (κ1) is 26.8. The minimum atomic E-state index is -2.08. The van der Waals surface area contributed by atoms with Crippen LogP contribution in [0, 0.1) is 11.9 Å².